The standard InChI is InChI=1S/C36H33F2N3O4/c1-20-17-28(44-19-21-6-7-21)26(34(42)41-36(14-15-36)29-5-3-4-16-40-29)18-25(20)24-12-13-27-30(32(24)38)31(35(43)39-2)33(45-27)22-8-10-23(37)11-9-22/h3-5,8-13,16-18,21,31,33H,6-7,14-15,19H2,1-2H3,(H,39,43)(H,41,42). The average molecular weight is 610 g/mol. The minimum absolute atomic E-state index is 0.118. The quantitative estimate of drug-likeness (QED) is 0.226. The number of benzene rings is 3. The van der Waals surface area contributed by atoms with Crippen LogP contribution in [-0.4, -0.2) is 30.5 Å². The van der Waals surface area contributed by atoms with E-state index in [9.17, 15) is 14.0 Å². The third-order valence-corrected chi connectivity index (χ3v) is 9.03. The summed E-state index contributed by atoms with van der Waals surface area (Å²) >= 11 is 0. The van der Waals surface area contributed by atoms with Gasteiger partial charge in [0.2, 0.25) is 5.91 Å². The minimum atomic E-state index is -1.01. The molecule has 1 aliphatic heterocycles. The van der Waals surface area contributed by atoms with Gasteiger partial charge in [-0.15, -0.1) is 0 Å². The summed E-state index contributed by atoms with van der Waals surface area (Å²) in [5.74, 6) is -1.64. The van der Waals surface area contributed by atoms with E-state index in [0.29, 0.717) is 40.5 Å². The van der Waals surface area contributed by atoms with Gasteiger partial charge in [-0.25, -0.2) is 8.78 Å². The number of fused-ring (bicyclic) bond motifs is 1. The highest BCUT2D eigenvalue weighted by Gasteiger charge is 2.47. The molecule has 45 heavy (non-hydrogen) atoms. The Balaban J connectivity index is 1.28. The normalized spacial score (nSPS) is 19.3. The molecule has 4 aromatic rings. The Hall–Kier alpha value is -4.79. The number of pyridine rings is 1. The molecule has 2 amide bonds. The van der Waals surface area contributed by atoms with E-state index < -0.39 is 35.1 Å². The number of aryl methyl sites for hydroxylation is 1. The van der Waals surface area contributed by atoms with Gasteiger partial charge in [0.1, 0.15) is 35.2 Å². The number of rotatable bonds is 9. The number of ether oxygens (including phenoxy) is 2. The van der Waals surface area contributed by atoms with Crippen LogP contribution in [-0.2, 0) is 10.3 Å². The molecule has 1 aromatic heterocycles. The molecular weight excluding hydrogens is 576 g/mol. The molecule has 2 unspecified atom stereocenters. The monoisotopic (exact) mass is 609 g/mol. The third-order valence-electron chi connectivity index (χ3n) is 9.03. The van der Waals surface area contributed by atoms with Crippen molar-refractivity contribution in [1.82, 2.24) is 15.6 Å². The van der Waals surface area contributed by atoms with Gasteiger partial charge < -0.3 is 20.1 Å². The highest BCUT2D eigenvalue weighted by molar-refractivity contribution is 5.99. The number of aromatic nitrogens is 1. The van der Waals surface area contributed by atoms with E-state index >= 15 is 4.39 Å². The third kappa shape index (κ3) is 5.41. The van der Waals surface area contributed by atoms with Gasteiger partial charge in [0.25, 0.3) is 5.91 Å². The molecule has 0 radical (unpaired) electrons. The molecule has 3 aliphatic rings. The lowest BCUT2D eigenvalue weighted by Gasteiger charge is -2.21. The number of halogens is 2. The van der Waals surface area contributed by atoms with Crippen molar-refractivity contribution in [3.63, 3.8) is 0 Å². The Bertz CT molecular complexity index is 1790. The molecule has 3 aromatic carbocycles. The minimum Gasteiger partial charge on any atom is -0.492 e. The van der Waals surface area contributed by atoms with Crippen molar-refractivity contribution in [1.29, 1.82) is 0 Å². The first-order valence-corrected chi connectivity index (χ1v) is 15.3. The van der Waals surface area contributed by atoms with Gasteiger partial charge in [-0.05, 0) is 104 Å². The molecule has 2 aliphatic carbocycles. The first-order valence-electron chi connectivity index (χ1n) is 15.3. The number of nitrogens with zero attached hydrogens (tertiary/aromatic N) is 1. The Morgan fingerprint density at radius 3 is 2.47 bits per heavy atom. The lowest BCUT2D eigenvalue weighted by Crippen LogP contribution is -2.35. The number of carbonyl (C=O) groups excluding carboxylic acids is 2. The summed E-state index contributed by atoms with van der Waals surface area (Å²) < 4.78 is 42.6. The Morgan fingerprint density at radius 2 is 1.80 bits per heavy atom. The van der Waals surface area contributed by atoms with Gasteiger partial charge in [0, 0.05) is 24.4 Å². The topological polar surface area (TPSA) is 89.6 Å². The van der Waals surface area contributed by atoms with E-state index in [4.69, 9.17) is 9.47 Å². The molecule has 2 saturated carbocycles. The van der Waals surface area contributed by atoms with E-state index in [-0.39, 0.29) is 22.8 Å². The maximum Gasteiger partial charge on any atom is 0.255 e. The summed E-state index contributed by atoms with van der Waals surface area (Å²) in [6, 6.07) is 18.0. The van der Waals surface area contributed by atoms with E-state index in [2.05, 4.69) is 15.6 Å². The maximum absolute atomic E-state index is 16.7. The first kappa shape index (κ1) is 29.0. The lowest BCUT2D eigenvalue weighted by molar-refractivity contribution is -0.123. The molecule has 0 saturated heterocycles. The number of likely N-dealkylation sites (N-methyl/N-ethyl adjacent to an activating group) is 1. The number of amides is 2. The zero-order valence-electron chi connectivity index (χ0n) is 25.0. The largest absolute Gasteiger partial charge is 0.492 e. The van der Waals surface area contributed by atoms with Crippen LogP contribution in [0, 0.1) is 24.5 Å². The van der Waals surface area contributed by atoms with Crippen LogP contribution in [0.1, 0.15) is 70.4 Å². The van der Waals surface area contributed by atoms with Crippen molar-refractivity contribution >= 4 is 11.8 Å². The Labute approximate surface area is 260 Å². The first-order chi connectivity index (χ1) is 21.8. The highest BCUT2D eigenvalue weighted by atomic mass is 19.1. The van der Waals surface area contributed by atoms with Crippen molar-refractivity contribution in [3.8, 4) is 22.6 Å². The summed E-state index contributed by atoms with van der Waals surface area (Å²) in [5, 5.41) is 5.80. The van der Waals surface area contributed by atoms with Gasteiger partial charge in [0.15, 0.2) is 0 Å². The molecule has 0 spiro atoms. The van der Waals surface area contributed by atoms with Crippen LogP contribution in [0.5, 0.6) is 11.5 Å². The van der Waals surface area contributed by atoms with Crippen LogP contribution < -0.4 is 20.1 Å². The molecule has 7 nitrogen and oxygen atoms in total. The summed E-state index contributed by atoms with van der Waals surface area (Å²) in [4.78, 5) is 31.6. The number of nitrogens with one attached hydrogen (secondary N) is 2. The van der Waals surface area contributed by atoms with Crippen LogP contribution in [0.15, 0.2) is 72.9 Å². The van der Waals surface area contributed by atoms with Crippen molar-refractivity contribution in [3.05, 3.63) is 113 Å². The van der Waals surface area contributed by atoms with Gasteiger partial charge >= 0.3 is 0 Å². The maximum atomic E-state index is 16.7. The summed E-state index contributed by atoms with van der Waals surface area (Å²) in [6.07, 6.45) is 4.59. The molecule has 9 heteroatoms. The summed E-state index contributed by atoms with van der Waals surface area (Å²) in [5.41, 5.74) is 2.67. The van der Waals surface area contributed by atoms with E-state index in [0.717, 1.165) is 31.4 Å². The highest BCUT2D eigenvalue weighted by Crippen LogP contribution is 2.50. The van der Waals surface area contributed by atoms with Crippen molar-refractivity contribution in [2.75, 3.05) is 13.7 Å². The molecule has 230 valence electrons. The Morgan fingerprint density at radius 1 is 1.02 bits per heavy atom. The molecule has 2 N–H and O–H groups in total. The fraction of sp³-hybridized carbons (Fsp3) is 0.306. The van der Waals surface area contributed by atoms with Crippen LogP contribution >= 0.6 is 0 Å². The van der Waals surface area contributed by atoms with Gasteiger partial charge in [0.05, 0.1) is 23.4 Å². The van der Waals surface area contributed by atoms with Crippen molar-refractivity contribution in [2.45, 2.75) is 50.2 Å². The number of hydrogen-bond acceptors (Lipinski definition) is 5. The SMILES string of the molecule is CNC(=O)C1c2c(ccc(-c3cc(C(=O)NC4(c5ccccn5)CC4)c(OCC4CC4)cc3C)c2F)OC1c1ccc(F)cc1. The molecule has 2 heterocycles. The summed E-state index contributed by atoms with van der Waals surface area (Å²) in [7, 11) is 1.48. The lowest BCUT2D eigenvalue weighted by atomic mass is 9.87. The molecule has 2 fully saturated rings. The van der Waals surface area contributed by atoms with Crippen LogP contribution in [0.2, 0.25) is 0 Å². The van der Waals surface area contributed by atoms with Gasteiger partial charge in [-0.2, -0.15) is 0 Å². The van der Waals surface area contributed by atoms with Gasteiger partial charge in [-0.3, -0.25) is 14.6 Å². The number of hydrogen-bond donors (Lipinski definition) is 2. The van der Waals surface area contributed by atoms with E-state index in [1.165, 1.54) is 31.3 Å². The smallest absolute Gasteiger partial charge is 0.255 e. The van der Waals surface area contributed by atoms with Crippen molar-refractivity contribution < 1.29 is 27.8 Å². The zero-order valence-corrected chi connectivity index (χ0v) is 25.0. The molecule has 0 bridgehead atoms. The predicted molar refractivity (Wildman–Crippen MR) is 164 cm³/mol. The fourth-order valence-electron chi connectivity index (χ4n) is 6.13. The average Bonchev–Trinajstić information content (AvgIpc) is 3.99. The summed E-state index contributed by atoms with van der Waals surface area (Å²) in [6.45, 7) is 2.35. The molecule has 2 atom stereocenters. The van der Waals surface area contributed by atoms with Crippen molar-refractivity contribution in [2.24, 2.45) is 5.92 Å². The van der Waals surface area contributed by atoms with Crippen LogP contribution in [0.25, 0.3) is 11.1 Å². The Kier molecular flexibility index (Phi) is 7.26. The fourth-order valence-corrected chi connectivity index (χ4v) is 6.13. The second-order valence-corrected chi connectivity index (χ2v) is 12.2. The van der Waals surface area contributed by atoms with E-state index in [1.54, 1.807) is 30.5 Å². The van der Waals surface area contributed by atoms with Crippen LogP contribution in [0.3, 0.4) is 0 Å². The zero-order chi connectivity index (χ0) is 31.3. The molecular formula is C36H33F2N3O4. The van der Waals surface area contributed by atoms with Gasteiger partial charge in [-0.1, -0.05) is 18.2 Å². The second-order valence-electron chi connectivity index (χ2n) is 12.2. The van der Waals surface area contributed by atoms with E-state index in [1.807, 2.05) is 25.1 Å². The molecule has 7 rings (SSSR count). The second kappa shape index (κ2) is 11.3. The number of carbonyl (C=O) groups is 2. The van der Waals surface area contributed by atoms with Crippen LogP contribution in [0.4, 0.5) is 8.78 Å². The predicted octanol–water partition coefficient (Wildman–Crippen LogP) is 6.51.